The minimum absolute atomic E-state index is 0.611. The van der Waals surface area contributed by atoms with Gasteiger partial charge in [-0.05, 0) is 13.3 Å². The van der Waals surface area contributed by atoms with Crippen LogP contribution >= 0.6 is 0 Å². The zero-order chi connectivity index (χ0) is 5.54. The number of unbranched alkanes of at least 4 members (excludes halogenated alkanes) is 1. The van der Waals surface area contributed by atoms with E-state index in [-0.39, 0.29) is 0 Å². The third kappa shape index (κ3) is 5.96. The molecule has 0 atom stereocenters. The molecule has 0 aliphatic rings. The molecule has 0 N–H and O–H groups in total. The number of ether oxygens (including phenoxy) is 1. The van der Waals surface area contributed by atoms with E-state index in [1.54, 1.807) is 0 Å². The van der Waals surface area contributed by atoms with Gasteiger partial charge in [0, 0.05) is 13.2 Å². The van der Waals surface area contributed by atoms with Crippen LogP contribution in [0.5, 0.6) is 0 Å². The van der Waals surface area contributed by atoms with Gasteiger partial charge in [0.2, 0.25) is 0 Å². The fraction of sp³-hybridized carbons (Fsp3) is 0.833. The molecule has 1 nitrogen and oxygen atoms in total. The molecule has 0 unspecified atom stereocenters. The van der Waals surface area contributed by atoms with Gasteiger partial charge in [-0.15, -0.1) is 0 Å². The third-order valence-electron chi connectivity index (χ3n) is 0.787. The Morgan fingerprint density at radius 1 is 1.57 bits per heavy atom. The Hall–Kier alpha value is -0.0400. The van der Waals surface area contributed by atoms with Crippen LogP contribution in [0.1, 0.15) is 19.8 Å². The fourth-order valence-corrected chi connectivity index (χ4v) is 0.348. The maximum Gasteiger partial charge on any atom is 0.0466 e. The van der Waals surface area contributed by atoms with Crippen molar-refractivity contribution in [2.24, 2.45) is 0 Å². The van der Waals surface area contributed by atoms with Crippen LogP contribution in [0.3, 0.4) is 0 Å². The van der Waals surface area contributed by atoms with E-state index in [2.05, 4.69) is 13.8 Å². The van der Waals surface area contributed by atoms with Crippen LogP contribution in [0.15, 0.2) is 0 Å². The molecule has 1 radical (unpaired) electrons. The molecule has 0 heterocycles. The van der Waals surface area contributed by atoms with Crippen LogP contribution < -0.4 is 0 Å². The van der Waals surface area contributed by atoms with Crippen molar-refractivity contribution in [3.8, 4) is 0 Å². The van der Waals surface area contributed by atoms with E-state index in [1.165, 1.54) is 6.42 Å². The van der Waals surface area contributed by atoms with Crippen molar-refractivity contribution in [1.29, 1.82) is 0 Å². The second-order valence-electron chi connectivity index (χ2n) is 1.47. The van der Waals surface area contributed by atoms with Gasteiger partial charge in [0.15, 0.2) is 0 Å². The van der Waals surface area contributed by atoms with Gasteiger partial charge in [-0.25, -0.2) is 0 Å². The summed E-state index contributed by atoms with van der Waals surface area (Å²) in [7, 11) is 0. The van der Waals surface area contributed by atoms with Gasteiger partial charge >= 0.3 is 0 Å². The molecule has 0 aliphatic heterocycles. The summed E-state index contributed by atoms with van der Waals surface area (Å²) in [5, 5.41) is 0. The van der Waals surface area contributed by atoms with Crippen LogP contribution in [-0.4, -0.2) is 13.2 Å². The summed E-state index contributed by atoms with van der Waals surface area (Å²) in [6, 6.07) is 0. The first kappa shape index (κ1) is 6.96. The molecule has 0 aromatic rings. The van der Waals surface area contributed by atoms with Gasteiger partial charge in [-0.3, -0.25) is 0 Å². The molecule has 0 spiro atoms. The number of hydrogen-bond donors (Lipinski definition) is 0. The van der Waals surface area contributed by atoms with Crippen molar-refractivity contribution in [3.63, 3.8) is 0 Å². The van der Waals surface area contributed by atoms with Gasteiger partial charge < -0.3 is 4.74 Å². The molecule has 0 saturated carbocycles. The predicted octanol–water partition coefficient (Wildman–Crippen LogP) is 1.64. The SMILES string of the molecule is [CH2]COCCCC. The Morgan fingerprint density at radius 3 is 2.71 bits per heavy atom. The van der Waals surface area contributed by atoms with Crippen molar-refractivity contribution >= 4 is 0 Å². The molecule has 43 valence electrons. The Kier molecular flexibility index (Phi) is 5.93. The summed E-state index contributed by atoms with van der Waals surface area (Å²) < 4.78 is 4.96. The van der Waals surface area contributed by atoms with E-state index in [0.29, 0.717) is 6.61 Å². The first-order valence-corrected chi connectivity index (χ1v) is 2.78. The molecule has 0 saturated heterocycles. The zero-order valence-corrected chi connectivity index (χ0v) is 4.94. The van der Waals surface area contributed by atoms with Gasteiger partial charge in [0.1, 0.15) is 0 Å². The second-order valence-corrected chi connectivity index (χ2v) is 1.47. The molecular weight excluding hydrogens is 88.1 g/mol. The smallest absolute Gasteiger partial charge is 0.0466 e. The van der Waals surface area contributed by atoms with E-state index in [1.807, 2.05) is 0 Å². The minimum Gasteiger partial charge on any atom is -0.381 e. The first-order chi connectivity index (χ1) is 3.41. The Labute approximate surface area is 45.7 Å². The molecule has 0 fully saturated rings. The Balaban J connectivity index is 2.45. The molecule has 0 rings (SSSR count). The highest BCUT2D eigenvalue weighted by Crippen LogP contribution is 1.85. The molecule has 0 aromatic carbocycles. The molecule has 7 heavy (non-hydrogen) atoms. The summed E-state index contributed by atoms with van der Waals surface area (Å²) in [4.78, 5) is 0. The van der Waals surface area contributed by atoms with Crippen LogP contribution in [-0.2, 0) is 4.74 Å². The highest BCUT2D eigenvalue weighted by Gasteiger charge is 1.78. The van der Waals surface area contributed by atoms with Crippen molar-refractivity contribution in [2.45, 2.75) is 19.8 Å². The van der Waals surface area contributed by atoms with Gasteiger partial charge in [-0.1, -0.05) is 13.3 Å². The van der Waals surface area contributed by atoms with E-state index >= 15 is 0 Å². The van der Waals surface area contributed by atoms with Crippen molar-refractivity contribution in [1.82, 2.24) is 0 Å². The maximum absolute atomic E-state index is 4.96. The van der Waals surface area contributed by atoms with Crippen LogP contribution in [0.25, 0.3) is 0 Å². The average Bonchev–Trinajstić information content (AvgIpc) is 1.69. The summed E-state index contributed by atoms with van der Waals surface area (Å²) in [6.45, 7) is 7.17. The summed E-state index contributed by atoms with van der Waals surface area (Å²) in [5.74, 6) is 0. The Morgan fingerprint density at radius 2 is 2.29 bits per heavy atom. The molecule has 0 bridgehead atoms. The van der Waals surface area contributed by atoms with Crippen LogP contribution in [0.4, 0.5) is 0 Å². The number of rotatable bonds is 4. The van der Waals surface area contributed by atoms with Crippen LogP contribution in [0, 0.1) is 6.92 Å². The highest BCUT2D eigenvalue weighted by molar-refractivity contribution is 4.33. The largest absolute Gasteiger partial charge is 0.381 e. The predicted molar refractivity (Wildman–Crippen MR) is 31.1 cm³/mol. The van der Waals surface area contributed by atoms with E-state index < -0.39 is 0 Å². The number of hydrogen-bond acceptors (Lipinski definition) is 1. The van der Waals surface area contributed by atoms with Crippen LogP contribution in [0.2, 0.25) is 0 Å². The normalized spacial score (nSPS) is 9.43. The molecule has 0 aliphatic carbocycles. The lowest BCUT2D eigenvalue weighted by Crippen LogP contribution is -1.91. The minimum atomic E-state index is 0.611. The van der Waals surface area contributed by atoms with E-state index in [9.17, 15) is 0 Å². The van der Waals surface area contributed by atoms with Gasteiger partial charge in [0.05, 0.1) is 0 Å². The molecule has 0 amide bonds. The monoisotopic (exact) mass is 101 g/mol. The third-order valence-corrected chi connectivity index (χ3v) is 0.787. The van der Waals surface area contributed by atoms with Gasteiger partial charge in [-0.2, -0.15) is 0 Å². The zero-order valence-electron chi connectivity index (χ0n) is 4.94. The summed E-state index contributed by atoms with van der Waals surface area (Å²) >= 11 is 0. The molecule has 0 aromatic heterocycles. The second kappa shape index (κ2) is 5.96. The van der Waals surface area contributed by atoms with Crippen molar-refractivity contribution in [2.75, 3.05) is 13.2 Å². The molecule has 1 heteroatoms. The maximum atomic E-state index is 4.96. The van der Waals surface area contributed by atoms with E-state index in [0.717, 1.165) is 13.0 Å². The topological polar surface area (TPSA) is 9.23 Å². The lowest BCUT2D eigenvalue weighted by atomic mass is 10.4. The summed E-state index contributed by atoms with van der Waals surface area (Å²) in [6.07, 6.45) is 2.37. The Bertz CT molecular complexity index is 23.4. The van der Waals surface area contributed by atoms with Crippen molar-refractivity contribution < 1.29 is 4.74 Å². The summed E-state index contributed by atoms with van der Waals surface area (Å²) in [5.41, 5.74) is 0. The molecular formula is C6H13O. The quantitative estimate of drug-likeness (QED) is 0.489. The standard InChI is InChI=1S/C6H13O/c1-3-5-6-7-4-2/h2-6H2,1H3. The van der Waals surface area contributed by atoms with Gasteiger partial charge in [0.25, 0.3) is 0 Å². The lowest BCUT2D eigenvalue weighted by Gasteiger charge is -1.94. The fourth-order valence-electron chi connectivity index (χ4n) is 0.348. The highest BCUT2D eigenvalue weighted by atomic mass is 16.5. The first-order valence-electron chi connectivity index (χ1n) is 2.78. The van der Waals surface area contributed by atoms with E-state index in [4.69, 9.17) is 4.74 Å². The lowest BCUT2D eigenvalue weighted by molar-refractivity contribution is 0.157. The average molecular weight is 101 g/mol. The van der Waals surface area contributed by atoms with Crippen molar-refractivity contribution in [3.05, 3.63) is 6.92 Å².